The zero-order valence-corrected chi connectivity index (χ0v) is 11.9. The lowest BCUT2D eigenvalue weighted by Crippen LogP contribution is -2.37. The van der Waals surface area contributed by atoms with Gasteiger partial charge in [0.2, 0.25) is 0 Å². The molecule has 0 radical (unpaired) electrons. The monoisotopic (exact) mass is 298 g/mol. The van der Waals surface area contributed by atoms with Crippen LogP contribution >= 0.6 is 0 Å². The molecule has 0 aromatic heterocycles. The molecule has 116 valence electrons. The van der Waals surface area contributed by atoms with E-state index in [-0.39, 0.29) is 6.04 Å². The van der Waals surface area contributed by atoms with Crippen LogP contribution in [0.15, 0.2) is 24.3 Å². The molecular weight excluding hydrogens is 277 g/mol. The van der Waals surface area contributed by atoms with E-state index >= 15 is 0 Å². The quantitative estimate of drug-likeness (QED) is 0.870. The molecule has 1 aromatic rings. The van der Waals surface area contributed by atoms with Crippen LogP contribution in [-0.2, 0) is 6.18 Å². The average Bonchev–Trinajstić information content (AvgIpc) is 3.31. The Morgan fingerprint density at radius 2 is 1.90 bits per heavy atom. The van der Waals surface area contributed by atoms with Gasteiger partial charge in [-0.25, -0.2) is 0 Å². The number of rotatable bonds is 6. The Bertz CT molecular complexity index is 493. The average molecular weight is 298 g/mol. The first-order valence-corrected chi connectivity index (χ1v) is 7.62. The summed E-state index contributed by atoms with van der Waals surface area (Å²) in [4.78, 5) is 2.34. The molecule has 0 aliphatic heterocycles. The van der Waals surface area contributed by atoms with Gasteiger partial charge < -0.3 is 5.73 Å². The van der Waals surface area contributed by atoms with Gasteiger partial charge in [0.25, 0.3) is 0 Å². The molecule has 2 saturated carbocycles. The van der Waals surface area contributed by atoms with Gasteiger partial charge in [0.15, 0.2) is 0 Å². The van der Waals surface area contributed by atoms with Gasteiger partial charge in [-0.15, -0.1) is 0 Å². The maximum Gasteiger partial charge on any atom is 0.416 e. The van der Waals surface area contributed by atoms with Crippen molar-refractivity contribution in [3.05, 3.63) is 35.4 Å². The summed E-state index contributed by atoms with van der Waals surface area (Å²) in [5.74, 6) is 0.713. The maximum atomic E-state index is 12.9. The third-order valence-corrected chi connectivity index (χ3v) is 4.40. The predicted molar refractivity (Wildman–Crippen MR) is 75.7 cm³/mol. The van der Waals surface area contributed by atoms with Crippen molar-refractivity contribution in [2.24, 2.45) is 11.7 Å². The maximum absolute atomic E-state index is 12.9. The fraction of sp³-hybridized carbons (Fsp3) is 0.625. The first-order chi connectivity index (χ1) is 9.99. The molecule has 0 spiro atoms. The van der Waals surface area contributed by atoms with Crippen molar-refractivity contribution in [2.45, 2.75) is 43.9 Å². The molecule has 21 heavy (non-hydrogen) atoms. The van der Waals surface area contributed by atoms with Crippen LogP contribution < -0.4 is 5.73 Å². The number of halogens is 3. The molecule has 1 aromatic carbocycles. The lowest BCUT2D eigenvalue weighted by Gasteiger charge is -2.32. The standard InChI is InChI=1S/C16H21F3N2/c17-16(18,19)13-3-1-2-12(8-13)15(9-20)21(14-6-7-14)10-11-4-5-11/h1-3,8,11,14-15H,4-7,9-10,20H2. The predicted octanol–water partition coefficient (Wildman–Crippen LogP) is 3.58. The second-order valence-electron chi connectivity index (χ2n) is 6.25. The second kappa shape index (κ2) is 5.61. The van der Waals surface area contributed by atoms with Crippen molar-refractivity contribution >= 4 is 0 Å². The zero-order valence-electron chi connectivity index (χ0n) is 11.9. The molecule has 5 heteroatoms. The van der Waals surface area contributed by atoms with Crippen LogP contribution in [0.2, 0.25) is 0 Å². The summed E-state index contributed by atoms with van der Waals surface area (Å²) >= 11 is 0. The molecule has 2 nitrogen and oxygen atoms in total. The lowest BCUT2D eigenvalue weighted by atomic mass is 10.0. The minimum absolute atomic E-state index is 0.0969. The summed E-state index contributed by atoms with van der Waals surface area (Å²) in [6.45, 7) is 1.34. The summed E-state index contributed by atoms with van der Waals surface area (Å²) in [5.41, 5.74) is 6.02. The molecule has 2 fully saturated rings. The first-order valence-electron chi connectivity index (χ1n) is 7.62. The van der Waals surface area contributed by atoms with Crippen LogP contribution in [0, 0.1) is 5.92 Å². The Morgan fingerprint density at radius 3 is 2.43 bits per heavy atom. The molecule has 0 bridgehead atoms. The Morgan fingerprint density at radius 1 is 1.19 bits per heavy atom. The highest BCUT2D eigenvalue weighted by atomic mass is 19.4. The third-order valence-electron chi connectivity index (χ3n) is 4.40. The molecule has 1 atom stereocenters. The highest BCUT2D eigenvalue weighted by Gasteiger charge is 2.38. The molecule has 0 heterocycles. The van der Waals surface area contributed by atoms with Gasteiger partial charge in [-0.3, -0.25) is 4.90 Å². The Kier molecular flexibility index (Phi) is 3.97. The summed E-state index contributed by atoms with van der Waals surface area (Å²) in [6, 6.07) is 6.06. The van der Waals surface area contributed by atoms with Gasteiger partial charge >= 0.3 is 6.18 Å². The zero-order chi connectivity index (χ0) is 15.0. The van der Waals surface area contributed by atoms with E-state index in [4.69, 9.17) is 5.73 Å². The van der Waals surface area contributed by atoms with Crippen molar-refractivity contribution in [3.63, 3.8) is 0 Å². The van der Waals surface area contributed by atoms with Gasteiger partial charge in [-0.2, -0.15) is 13.2 Å². The van der Waals surface area contributed by atoms with E-state index in [1.54, 1.807) is 6.07 Å². The van der Waals surface area contributed by atoms with E-state index in [0.717, 1.165) is 25.5 Å². The van der Waals surface area contributed by atoms with E-state index in [9.17, 15) is 13.2 Å². The van der Waals surface area contributed by atoms with Crippen molar-refractivity contribution < 1.29 is 13.2 Å². The number of hydrogen-bond donors (Lipinski definition) is 1. The topological polar surface area (TPSA) is 29.3 Å². The molecule has 2 aliphatic rings. The molecule has 1 unspecified atom stereocenters. The third kappa shape index (κ3) is 3.58. The van der Waals surface area contributed by atoms with Crippen molar-refractivity contribution in [2.75, 3.05) is 13.1 Å². The van der Waals surface area contributed by atoms with E-state index in [1.165, 1.54) is 25.0 Å². The molecule has 3 rings (SSSR count). The number of hydrogen-bond acceptors (Lipinski definition) is 2. The fourth-order valence-electron chi connectivity index (χ4n) is 2.92. The van der Waals surface area contributed by atoms with Gasteiger partial charge in [-0.05, 0) is 49.3 Å². The molecule has 2 N–H and O–H groups in total. The SMILES string of the molecule is NCC(c1cccc(C(F)(F)F)c1)N(CC1CC1)C1CC1. The normalized spacial score (nSPS) is 20.8. The van der Waals surface area contributed by atoms with Crippen molar-refractivity contribution in [1.29, 1.82) is 0 Å². The van der Waals surface area contributed by atoms with Crippen LogP contribution in [-0.4, -0.2) is 24.0 Å². The molecular formula is C16H21F3N2. The summed E-state index contributed by atoms with van der Waals surface area (Å²) in [6.07, 6.45) is 0.465. The summed E-state index contributed by atoms with van der Waals surface area (Å²) in [5, 5.41) is 0. The van der Waals surface area contributed by atoms with Crippen LogP contribution in [0.3, 0.4) is 0 Å². The van der Waals surface area contributed by atoms with E-state index in [1.807, 2.05) is 0 Å². The minimum atomic E-state index is -4.30. The minimum Gasteiger partial charge on any atom is -0.329 e. The largest absolute Gasteiger partial charge is 0.416 e. The van der Waals surface area contributed by atoms with Gasteiger partial charge in [0, 0.05) is 25.2 Å². The Labute approximate surface area is 123 Å². The van der Waals surface area contributed by atoms with Crippen LogP contribution in [0.25, 0.3) is 0 Å². The lowest BCUT2D eigenvalue weighted by molar-refractivity contribution is -0.137. The highest BCUT2D eigenvalue weighted by Crippen LogP contribution is 2.40. The van der Waals surface area contributed by atoms with E-state index < -0.39 is 11.7 Å². The first kappa shape index (κ1) is 14.9. The number of nitrogens with two attached hydrogens (primary N) is 1. The molecule has 0 amide bonds. The van der Waals surface area contributed by atoms with E-state index in [0.29, 0.717) is 24.1 Å². The van der Waals surface area contributed by atoms with Crippen LogP contribution in [0.4, 0.5) is 13.2 Å². The Balaban J connectivity index is 1.83. The second-order valence-corrected chi connectivity index (χ2v) is 6.25. The Hall–Kier alpha value is -1.07. The molecule has 0 saturated heterocycles. The summed E-state index contributed by atoms with van der Waals surface area (Å²) < 4.78 is 38.6. The highest BCUT2D eigenvalue weighted by molar-refractivity contribution is 5.28. The van der Waals surface area contributed by atoms with Crippen LogP contribution in [0.1, 0.15) is 42.9 Å². The number of alkyl halides is 3. The van der Waals surface area contributed by atoms with Gasteiger partial charge in [-0.1, -0.05) is 12.1 Å². The van der Waals surface area contributed by atoms with Gasteiger partial charge in [0.1, 0.15) is 0 Å². The number of benzene rings is 1. The number of nitrogens with zero attached hydrogens (tertiary/aromatic N) is 1. The van der Waals surface area contributed by atoms with Crippen molar-refractivity contribution in [3.8, 4) is 0 Å². The van der Waals surface area contributed by atoms with Crippen molar-refractivity contribution in [1.82, 2.24) is 4.90 Å². The van der Waals surface area contributed by atoms with Gasteiger partial charge in [0.05, 0.1) is 5.56 Å². The fourth-order valence-corrected chi connectivity index (χ4v) is 2.92. The molecule has 2 aliphatic carbocycles. The summed E-state index contributed by atoms with van der Waals surface area (Å²) in [7, 11) is 0. The smallest absolute Gasteiger partial charge is 0.329 e. The van der Waals surface area contributed by atoms with E-state index in [2.05, 4.69) is 4.90 Å². The van der Waals surface area contributed by atoms with Crippen LogP contribution in [0.5, 0.6) is 0 Å².